The minimum atomic E-state index is -0.645. The fourth-order valence-corrected chi connectivity index (χ4v) is 2.05. The van der Waals surface area contributed by atoms with Crippen molar-refractivity contribution >= 4 is 29.1 Å². The van der Waals surface area contributed by atoms with Gasteiger partial charge in [-0.15, -0.1) is 0 Å². The fourth-order valence-electron chi connectivity index (χ4n) is 1.86. The smallest absolute Gasteiger partial charge is 0.288 e. The van der Waals surface area contributed by atoms with Crippen molar-refractivity contribution in [2.45, 2.75) is 0 Å². The Balaban J connectivity index is 2.23. The van der Waals surface area contributed by atoms with E-state index in [1.807, 2.05) is 0 Å². The van der Waals surface area contributed by atoms with Crippen LogP contribution in [0.4, 0.5) is 10.1 Å². The third-order valence-corrected chi connectivity index (χ3v) is 3.35. The van der Waals surface area contributed by atoms with Crippen molar-refractivity contribution in [1.82, 2.24) is 0 Å². The highest BCUT2D eigenvalue weighted by Gasteiger charge is 2.12. The second-order valence-electron chi connectivity index (χ2n) is 4.51. The minimum Gasteiger partial charge on any atom is -0.494 e. The van der Waals surface area contributed by atoms with Gasteiger partial charge in [-0.05, 0) is 35.9 Å². The second kappa shape index (κ2) is 7.02. The van der Waals surface area contributed by atoms with Crippen molar-refractivity contribution in [2.24, 2.45) is 0 Å². The molecule has 0 radical (unpaired) electrons. The molecule has 0 aliphatic heterocycles. The highest BCUT2D eigenvalue weighted by molar-refractivity contribution is 6.32. The Labute approximate surface area is 136 Å². The summed E-state index contributed by atoms with van der Waals surface area (Å²) < 4.78 is 18.3. The molecule has 2 aromatic rings. The number of nitrogens with zero attached hydrogens (tertiary/aromatic N) is 1. The molecule has 0 unspecified atom stereocenters. The van der Waals surface area contributed by atoms with Crippen LogP contribution < -0.4 is 4.74 Å². The van der Waals surface area contributed by atoms with Crippen molar-refractivity contribution in [3.05, 3.63) is 74.6 Å². The SMILES string of the molecule is COc1ccc(C(=O)/C=C/c2ccc(Cl)c([N+](=O)[O-])c2)cc1F. The molecule has 0 fully saturated rings. The molecule has 0 bridgehead atoms. The summed E-state index contributed by atoms with van der Waals surface area (Å²) in [5, 5.41) is 10.8. The van der Waals surface area contributed by atoms with Crippen LogP contribution in [0.1, 0.15) is 15.9 Å². The van der Waals surface area contributed by atoms with Gasteiger partial charge in [0.05, 0.1) is 12.0 Å². The van der Waals surface area contributed by atoms with Crippen LogP contribution in [-0.4, -0.2) is 17.8 Å². The van der Waals surface area contributed by atoms with Crippen LogP contribution in [0.15, 0.2) is 42.5 Å². The van der Waals surface area contributed by atoms with Crippen molar-refractivity contribution in [3.8, 4) is 5.75 Å². The summed E-state index contributed by atoms with van der Waals surface area (Å²) in [6, 6.07) is 8.00. The first-order chi connectivity index (χ1) is 10.9. The van der Waals surface area contributed by atoms with E-state index < -0.39 is 16.5 Å². The maximum atomic E-state index is 13.6. The average Bonchev–Trinajstić information content (AvgIpc) is 2.53. The Kier molecular flexibility index (Phi) is 5.08. The zero-order chi connectivity index (χ0) is 17.0. The maximum absolute atomic E-state index is 13.6. The number of ether oxygens (including phenoxy) is 1. The molecule has 0 N–H and O–H groups in total. The number of ketones is 1. The molecule has 5 nitrogen and oxygen atoms in total. The van der Waals surface area contributed by atoms with E-state index in [9.17, 15) is 19.3 Å². The predicted octanol–water partition coefficient (Wildman–Crippen LogP) is 4.29. The van der Waals surface area contributed by atoms with E-state index >= 15 is 0 Å². The molecule has 0 aromatic heterocycles. The van der Waals surface area contributed by atoms with Crippen molar-refractivity contribution < 1.29 is 18.8 Å². The van der Waals surface area contributed by atoms with Crippen LogP contribution in [0.3, 0.4) is 0 Å². The molecule has 0 heterocycles. The minimum absolute atomic E-state index is 0.00991. The largest absolute Gasteiger partial charge is 0.494 e. The first-order valence-corrected chi connectivity index (χ1v) is 6.80. The summed E-state index contributed by atoms with van der Waals surface area (Å²) >= 11 is 5.71. The van der Waals surface area contributed by atoms with Crippen molar-refractivity contribution in [2.75, 3.05) is 7.11 Å². The molecule has 0 amide bonds. The quantitative estimate of drug-likeness (QED) is 0.354. The topological polar surface area (TPSA) is 69.4 Å². The Hall–Kier alpha value is -2.73. The Bertz CT molecular complexity index is 805. The number of methoxy groups -OCH3 is 1. The van der Waals surface area contributed by atoms with E-state index in [-0.39, 0.29) is 22.0 Å². The second-order valence-corrected chi connectivity index (χ2v) is 4.92. The van der Waals surface area contributed by atoms with E-state index in [1.165, 1.54) is 49.6 Å². The van der Waals surface area contributed by atoms with Crippen LogP contribution >= 0.6 is 11.6 Å². The van der Waals surface area contributed by atoms with Gasteiger partial charge in [-0.2, -0.15) is 0 Å². The van der Waals surface area contributed by atoms with Crippen LogP contribution in [0.25, 0.3) is 6.08 Å². The monoisotopic (exact) mass is 335 g/mol. The van der Waals surface area contributed by atoms with E-state index in [2.05, 4.69) is 0 Å². The molecule has 0 saturated carbocycles. The fraction of sp³-hybridized carbons (Fsp3) is 0.0625. The van der Waals surface area contributed by atoms with Gasteiger partial charge in [0.2, 0.25) is 0 Å². The number of carbonyl (C=O) groups excluding carboxylic acids is 1. The van der Waals surface area contributed by atoms with Gasteiger partial charge in [-0.25, -0.2) is 4.39 Å². The number of nitro benzene ring substituents is 1. The van der Waals surface area contributed by atoms with Gasteiger partial charge in [0.15, 0.2) is 17.3 Å². The third-order valence-electron chi connectivity index (χ3n) is 3.03. The predicted molar refractivity (Wildman–Crippen MR) is 84.4 cm³/mol. The lowest BCUT2D eigenvalue weighted by Crippen LogP contribution is -1.97. The Morgan fingerprint density at radius 3 is 2.65 bits per heavy atom. The molecule has 0 saturated heterocycles. The zero-order valence-corrected chi connectivity index (χ0v) is 12.7. The summed E-state index contributed by atoms with van der Waals surface area (Å²) in [4.78, 5) is 22.2. The molecular formula is C16H11ClFNO4. The lowest BCUT2D eigenvalue weighted by atomic mass is 10.1. The molecule has 0 aliphatic rings. The van der Waals surface area contributed by atoms with Gasteiger partial charge >= 0.3 is 0 Å². The highest BCUT2D eigenvalue weighted by Crippen LogP contribution is 2.25. The lowest BCUT2D eigenvalue weighted by molar-refractivity contribution is -0.384. The normalized spacial score (nSPS) is 10.7. The number of nitro groups is 1. The number of rotatable bonds is 5. The Morgan fingerprint density at radius 1 is 1.30 bits per heavy atom. The van der Waals surface area contributed by atoms with E-state index in [0.717, 1.165) is 6.07 Å². The number of carbonyl (C=O) groups is 1. The molecule has 7 heteroatoms. The summed E-state index contributed by atoms with van der Waals surface area (Å²) in [6.07, 6.45) is 2.60. The van der Waals surface area contributed by atoms with Crippen LogP contribution in [0, 0.1) is 15.9 Å². The van der Waals surface area contributed by atoms with E-state index in [4.69, 9.17) is 16.3 Å². The van der Waals surface area contributed by atoms with Crippen LogP contribution in [0.5, 0.6) is 5.75 Å². The van der Waals surface area contributed by atoms with Crippen LogP contribution in [0.2, 0.25) is 5.02 Å². The number of benzene rings is 2. The number of hydrogen-bond acceptors (Lipinski definition) is 4. The van der Waals surface area contributed by atoms with Gasteiger partial charge in [0, 0.05) is 11.6 Å². The van der Waals surface area contributed by atoms with Crippen molar-refractivity contribution in [1.29, 1.82) is 0 Å². The molecular weight excluding hydrogens is 325 g/mol. The summed E-state index contributed by atoms with van der Waals surface area (Å²) in [7, 11) is 1.33. The van der Waals surface area contributed by atoms with Gasteiger partial charge < -0.3 is 4.74 Å². The standard InChI is InChI=1S/C16H11ClFNO4/c1-23-16-7-4-11(9-13(16)18)15(20)6-3-10-2-5-12(17)14(8-10)19(21)22/h2-9H,1H3/b6-3+. The van der Waals surface area contributed by atoms with Gasteiger partial charge in [0.25, 0.3) is 5.69 Å². The Morgan fingerprint density at radius 2 is 2.04 bits per heavy atom. The van der Waals surface area contributed by atoms with Crippen molar-refractivity contribution in [3.63, 3.8) is 0 Å². The maximum Gasteiger partial charge on any atom is 0.288 e. The molecule has 2 aromatic carbocycles. The molecule has 23 heavy (non-hydrogen) atoms. The summed E-state index contributed by atoms with van der Waals surface area (Å²) in [5.41, 5.74) is 0.322. The lowest BCUT2D eigenvalue weighted by Gasteiger charge is -2.02. The van der Waals surface area contributed by atoms with Crippen LogP contribution in [-0.2, 0) is 0 Å². The highest BCUT2D eigenvalue weighted by atomic mass is 35.5. The zero-order valence-electron chi connectivity index (χ0n) is 12.0. The van der Waals surface area contributed by atoms with Gasteiger partial charge in [0.1, 0.15) is 5.02 Å². The van der Waals surface area contributed by atoms with E-state index in [1.54, 1.807) is 0 Å². The van der Waals surface area contributed by atoms with E-state index in [0.29, 0.717) is 5.56 Å². The number of hydrogen-bond donors (Lipinski definition) is 0. The molecule has 0 spiro atoms. The molecule has 0 aliphatic carbocycles. The number of allylic oxidation sites excluding steroid dienone is 1. The van der Waals surface area contributed by atoms with Gasteiger partial charge in [-0.3, -0.25) is 14.9 Å². The molecule has 118 valence electrons. The summed E-state index contributed by atoms with van der Waals surface area (Å²) in [5.74, 6) is -1.04. The number of halogens is 2. The first kappa shape index (κ1) is 16.6. The summed E-state index contributed by atoms with van der Waals surface area (Å²) in [6.45, 7) is 0. The van der Waals surface area contributed by atoms with Gasteiger partial charge in [-0.1, -0.05) is 23.7 Å². The molecule has 0 atom stereocenters. The first-order valence-electron chi connectivity index (χ1n) is 6.42. The third kappa shape index (κ3) is 3.92. The molecule has 2 rings (SSSR count). The average molecular weight is 336 g/mol.